The highest BCUT2D eigenvalue weighted by Gasteiger charge is 2.50. The Balaban J connectivity index is 0.00000336. The van der Waals surface area contributed by atoms with Crippen LogP contribution in [0.1, 0.15) is 69.6 Å². The molecule has 0 aliphatic carbocycles. The molecule has 202 valence electrons. The third-order valence-electron chi connectivity index (χ3n) is 7.36. The summed E-state index contributed by atoms with van der Waals surface area (Å²) in [7, 11) is 0. The number of esters is 2. The van der Waals surface area contributed by atoms with Crippen molar-refractivity contribution in [3.8, 4) is 11.4 Å². The summed E-state index contributed by atoms with van der Waals surface area (Å²) in [6, 6.07) is 7.38. The molecule has 3 aromatic rings. The number of halogens is 1. The summed E-state index contributed by atoms with van der Waals surface area (Å²) >= 11 is 0. The van der Waals surface area contributed by atoms with Crippen molar-refractivity contribution < 1.29 is 19.1 Å². The fourth-order valence-electron chi connectivity index (χ4n) is 5.52. The first-order valence-corrected chi connectivity index (χ1v) is 12.9. The van der Waals surface area contributed by atoms with E-state index in [1.54, 1.807) is 17.6 Å². The van der Waals surface area contributed by atoms with Crippen LogP contribution in [0.4, 0.5) is 11.4 Å². The number of hydrogen-bond donors (Lipinski definition) is 2. The normalized spacial score (nSPS) is 17.2. The van der Waals surface area contributed by atoms with E-state index in [1.165, 1.54) is 13.3 Å². The van der Waals surface area contributed by atoms with E-state index in [9.17, 15) is 14.4 Å². The van der Waals surface area contributed by atoms with Gasteiger partial charge < -0.3 is 25.1 Å². The second-order valence-corrected chi connectivity index (χ2v) is 9.71. The monoisotopic (exact) mass is 540 g/mol. The predicted molar refractivity (Wildman–Crippen MR) is 148 cm³/mol. The number of nitrogens with zero attached hydrogens (tertiary/aromatic N) is 2. The molecule has 0 saturated heterocycles. The number of cyclic esters (lactones) is 1. The number of fused-ring (bicyclic) bond motifs is 5. The number of anilines is 2. The SMILES string of the molecule is CCCCCCNc1c2c(nc3cccc(N)c13)-c1cc3c(c(=O)n1C2)COC(=O)[C@@]3(CC)OC(C)=O.Cl. The largest absolute Gasteiger partial charge is 0.457 e. The second kappa shape index (κ2) is 10.6. The molecule has 1 atom stereocenters. The van der Waals surface area contributed by atoms with E-state index < -0.39 is 17.5 Å². The average molecular weight is 541 g/mol. The van der Waals surface area contributed by atoms with Crippen LogP contribution < -0.4 is 16.6 Å². The lowest BCUT2D eigenvalue weighted by atomic mass is 9.85. The number of nitrogen functional groups attached to an aromatic ring is 1. The summed E-state index contributed by atoms with van der Waals surface area (Å²) in [5.41, 5.74) is 9.46. The Morgan fingerprint density at radius 1 is 1.21 bits per heavy atom. The zero-order valence-corrected chi connectivity index (χ0v) is 22.7. The molecule has 0 spiro atoms. The van der Waals surface area contributed by atoms with Crippen molar-refractivity contribution in [1.82, 2.24) is 9.55 Å². The Bertz CT molecular complexity index is 1480. The van der Waals surface area contributed by atoms with Crippen LogP contribution in [-0.2, 0) is 37.8 Å². The van der Waals surface area contributed by atoms with Gasteiger partial charge in [-0.1, -0.05) is 39.2 Å². The predicted octanol–water partition coefficient (Wildman–Crippen LogP) is 4.65. The van der Waals surface area contributed by atoms with Crippen molar-refractivity contribution in [2.75, 3.05) is 17.6 Å². The van der Waals surface area contributed by atoms with E-state index in [4.69, 9.17) is 20.2 Å². The van der Waals surface area contributed by atoms with E-state index in [-0.39, 0.29) is 31.0 Å². The van der Waals surface area contributed by atoms with Gasteiger partial charge in [0.25, 0.3) is 5.56 Å². The molecule has 0 unspecified atom stereocenters. The highest BCUT2D eigenvalue weighted by Crippen LogP contribution is 2.44. The average Bonchev–Trinajstić information content (AvgIpc) is 3.24. The number of ether oxygens (including phenoxy) is 2. The van der Waals surface area contributed by atoms with Crippen LogP contribution in [0.2, 0.25) is 0 Å². The van der Waals surface area contributed by atoms with Gasteiger partial charge in [-0.25, -0.2) is 9.78 Å². The molecule has 0 amide bonds. The number of pyridine rings is 2. The minimum Gasteiger partial charge on any atom is -0.457 e. The molecule has 0 fully saturated rings. The van der Waals surface area contributed by atoms with Gasteiger partial charge in [-0.15, -0.1) is 12.4 Å². The smallest absolute Gasteiger partial charge is 0.355 e. The van der Waals surface area contributed by atoms with Crippen LogP contribution in [0, 0.1) is 0 Å². The molecule has 0 bridgehead atoms. The summed E-state index contributed by atoms with van der Waals surface area (Å²) in [5, 5.41) is 4.43. The van der Waals surface area contributed by atoms with Gasteiger partial charge in [0.15, 0.2) is 0 Å². The number of benzene rings is 1. The molecule has 2 aliphatic rings. The standard InChI is InChI=1S/C28H32N4O5.ClH/c1-4-6-7-8-12-30-25-17-14-32-22(24(17)31-21-11-9-10-20(29)23(21)25)13-19-18(26(32)34)15-36-27(35)28(19,5-2)37-16(3)33;/h9-11,13H,4-8,12,14-15,29H2,1-3H3,(H,30,31);1H/t28-;/m0./s1. The molecule has 10 heteroatoms. The summed E-state index contributed by atoms with van der Waals surface area (Å²) < 4.78 is 12.6. The number of carbonyl (C=O) groups excluding carboxylic acids is 2. The molecule has 5 rings (SSSR count). The first kappa shape index (κ1) is 27.4. The fourth-order valence-corrected chi connectivity index (χ4v) is 5.52. The molecule has 4 heterocycles. The van der Waals surface area contributed by atoms with Crippen LogP contribution in [-0.4, -0.2) is 28.0 Å². The van der Waals surface area contributed by atoms with Crippen LogP contribution in [0.25, 0.3) is 22.3 Å². The van der Waals surface area contributed by atoms with Gasteiger partial charge >= 0.3 is 11.9 Å². The van der Waals surface area contributed by atoms with Crippen molar-refractivity contribution >= 4 is 46.6 Å². The quantitative estimate of drug-likeness (QED) is 0.188. The maximum absolute atomic E-state index is 13.7. The number of carbonyl (C=O) groups is 2. The van der Waals surface area contributed by atoms with Gasteiger partial charge in [0.1, 0.15) is 6.61 Å². The Kier molecular flexibility index (Phi) is 7.69. The van der Waals surface area contributed by atoms with E-state index in [1.807, 2.05) is 18.2 Å². The summed E-state index contributed by atoms with van der Waals surface area (Å²) in [6.45, 7) is 6.07. The first-order valence-electron chi connectivity index (χ1n) is 12.9. The summed E-state index contributed by atoms with van der Waals surface area (Å²) in [5.74, 6) is -1.30. The van der Waals surface area contributed by atoms with E-state index in [2.05, 4.69) is 12.2 Å². The van der Waals surface area contributed by atoms with Gasteiger partial charge in [0, 0.05) is 35.7 Å². The number of hydrogen-bond acceptors (Lipinski definition) is 8. The number of nitrogens with two attached hydrogens (primary N) is 1. The number of rotatable bonds is 8. The Hall–Kier alpha value is -3.59. The van der Waals surface area contributed by atoms with E-state index in [0.717, 1.165) is 48.0 Å². The number of unbranched alkanes of at least 4 members (excludes halogenated alkanes) is 3. The van der Waals surface area contributed by atoms with Crippen LogP contribution >= 0.6 is 12.4 Å². The third-order valence-corrected chi connectivity index (χ3v) is 7.36. The van der Waals surface area contributed by atoms with Crippen molar-refractivity contribution in [3.05, 3.63) is 51.3 Å². The van der Waals surface area contributed by atoms with E-state index >= 15 is 0 Å². The Labute approximate surface area is 227 Å². The maximum atomic E-state index is 13.7. The zero-order valence-electron chi connectivity index (χ0n) is 21.9. The highest BCUT2D eigenvalue weighted by molar-refractivity contribution is 6.04. The first-order chi connectivity index (χ1) is 17.8. The van der Waals surface area contributed by atoms with Crippen LogP contribution in [0.15, 0.2) is 29.1 Å². The lowest BCUT2D eigenvalue weighted by Crippen LogP contribution is -2.47. The van der Waals surface area contributed by atoms with Gasteiger partial charge in [-0.2, -0.15) is 0 Å². The molecule has 0 radical (unpaired) electrons. The van der Waals surface area contributed by atoms with Crippen molar-refractivity contribution in [3.63, 3.8) is 0 Å². The maximum Gasteiger partial charge on any atom is 0.355 e. The molecule has 1 aromatic carbocycles. The van der Waals surface area contributed by atoms with Crippen molar-refractivity contribution in [2.24, 2.45) is 0 Å². The summed E-state index contributed by atoms with van der Waals surface area (Å²) in [6.07, 6.45) is 4.61. The van der Waals surface area contributed by atoms with E-state index in [0.29, 0.717) is 34.7 Å². The van der Waals surface area contributed by atoms with Crippen LogP contribution in [0.5, 0.6) is 0 Å². The molecule has 0 saturated carbocycles. The molecule has 2 aromatic heterocycles. The second-order valence-electron chi connectivity index (χ2n) is 9.71. The van der Waals surface area contributed by atoms with Crippen molar-refractivity contribution in [2.45, 2.75) is 71.6 Å². The Morgan fingerprint density at radius 2 is 2.00 bits per heavy atom. The van der Waals surface area contributed by atoms with Gasteiger partial charge in [-0.3, -0.25) is 9.59 Å². The molecule has 3 N–H and O–H groups in total. The lowest BCUT2D eigenvalue weighted by molar-refractivity contribution is -0.188. The molecular weight excluding hydrogens is 508 g/mol. The topological polar surface area (TPSA) is 126 Å². The van der Waals surface area contributed by atoms with Gasteiger partial charge in [0.2, 0.25) is 5.60 Å². The number of nitrogens with one attached hydrogen (secondary N) is 1. The highest BCUT2D eigenvalue weighted by atomic mass is 35.5. The fraction of sp³-hybridized carbons (Fsp3) is 0.429. The minimum atomic E-state index is -1.67. The molecule has 9 nitrogen and oxygen atoms in total. The third kappa shape index (κ3) is 4.28. The summed E-state index contributed by atoms with van der Waals surface area (Å²) in [4.78, 5) is 43.6. The molecule has 38 heavy (non-hydrogen) atoms. The molecular formula is C28H33ClN4O5. The number of aromatic nitrogens is 2. The van der Waals surface area contributed by atoms with Gasteiger partial charge in [0.05, 0.1) is 34.7 Å². The van der Waals surface area contributed by atoms with Gasteiger partial charge in [-0.05, 0) is 31.0 Å². The molecule has 2 aliphatic heterocycles. The van der Waals surface area contributed by atoms with Crippen LogP contribution in [0.3, 0.4) is 0 Å². The zero-order chi connectivity index (χ0) is 26.3. The minimum absolute atomic E-state index is 0. The van der Waals surface area contributed by atoms with Crippen molar-refractivity contribution in [1.29, 1.82) is 0 Å². The lowest BCUT2D eigenvalue weighted by Gasteiger charge is -2.35. The Morgan fingerprint density at radius 3 is 2.71 bits per heavy atom.